The molecule has 0 amide bonds. The van der Waals surface area contributed by atoms with Crippen molar-refractivity contribution in [3.05, 3.63) is 0 Å². The highest BCUT2D eigenvalue weighted by Gasteiger charge is 2.43. The average Bonchev–Trinajstić information content (AvgIpc) is 2.18. The average molecular weight is 203 g/mol. The standard InChI is InChI=1S/C9H17NO4/c1-13-6-9(7(10)8(11)12)4-2-3-5-14-9/h7H,2-6,10H2,1H3,(H,11,12). The summed E-state index contributed by atoms with van der Waals surface area (Å²) in [4.78, 5) is 10.8. The minimum absolute atomic E-state index is 0.237. The number of aliphatic carboxylic acids is 1. The molecule has 2 atom stereocenters. The van der Waals surface area contributed by atoms with E-state index in [1.54, 1.807) is 0 Å². The zero-order valence-corrected chi connectivity index (χ0v) is 8.36. The van der Waals surface area contributed by atoms with Gasteiger partial charge in [0.15, 0.2) is 0 Å². The first-order valence-electron chi connectivity index (χ1n) is 4.74. The normalized spacial score (nSPS) is 29.9. The van der Waals surface area contributed by atoms with Crippen LogP contribution < -0.4 is 5.73 Å². The number of carboxylic acids is 1. The van der Waals surface area contributed by atoms with Gasteiger partial charge in [0.05, 0.1) is 6.61 Å². The Kier molecular flexibility index (Phi) is 3.86. The Hall–Kier alpha value is -0.650. The third-order valence-electron chi connectivity index (χ3n) is 2.61. The van der Waals surface area contributed by atoms with Gasteiger partial charge in [0, 0.05) is 13.7 Å². The number of carbonyl (C=O) groups is 1. The summed E-state index contributed by atoms with van der Waals surface area (Å²) in [6, 6.07) is -1.01. The number of methoxy groups -OCH3 is 1. The number of ether oxygens (including phenoxy) is 2. The minimum atomic E-state index is -1.04. The molecule has 0 bridgehead atoms. The van der Waals surface area contributed by atoms with Crippen molar-refractivity contribution in [2.75, 3.05) is 20.3 Å². The lowest BCUT2D eigenvalue weighted by molar-refractivity contribution is -0.162. The van der Waals surface area contributed by atoms with Crippen molar-refractivity contribution in [1.29, 1.82) is 0 Å². The number of carboxylic acid groups (broad SMARTS) is 1. The Bertz CT molecular complexity index is 195. The van der Waals surface area contributed by atoms with E-state index >= 15 is 0 Å². The Balaban J connectivity index is 2.73. The van der Waals surface area contributed by atoms with Crippen LogP contribution in [0.4, 0.5) is 0 Å². The van der Waals surface area contributed by atoms with Gasteiger partial charge in [-0.2, -0.15) is 0 Å². The first-order valence-corrected chi connectivity index (χ1v) is 4.74. The van der Waals surface area contributed by atoms with Crippen molar-refractivity contribution in [3.63, 3.8) is 0 Å². The minimum Gasteiger partial charge on any atom is -0.480 e. The summed E-state index contributed by atoms with van der Waals surface area (Å²) in [5.74, 6) is -1.04. The quantitative estimate of drug-likeness (QED) is 0.671. The summed E-state index contributed by atoms with van der Waals surface area (Å²) in [6.45, 7) is 0.796. The largest absolute Gasteiger partial charge is 0.480 e. The second-order valence-corrected chi connectivity index (χ2v) is 3.62. The van der Waals surface area contributed by atoms with Gasteiger partial charge in [-0.15, -0.1) is 0 Å². The lowest BCUT2D eigenvalue weighted by atomic mass is 9.87. The van der Waals surface area contributed by atoms with Crippen LogP contribution in [0.15, 0.2) is 0 Å². The second kappa shape index (κ2) is 4.72. The number of hydrogen-bond donors (Lipinski definition) is 2. The molecule has 0 aromatic rings. The predicted octanol–water partition coefficient (Wildman–Crippen LogP) is -0.0160. The van der Waals surface area contributed by atoms with Crippen molar-refractivity contribution in [1.82, 2.24) is 0 Å². The van der Waals surface area contributed by atoms with Crippen molar-refractivity contribution < 1.29 is 19.4 Å². The second-order valence-electron chi connectivity index (χ2n) is 3.62. The van der Waals surface area contributed by atoms with Crippen molar-refractivity contribution in [3.8, 4) is 0 Å². The Morgan fingerprint density at radius 2 is 2.43 bits per heavy atom. The molecule has 0 radical (unpaired) electrons. The molecule has 0 aromatic carbocycles. The van der Waals surface area contributed by atoms with Crippen LogP contribution >= 0.6 is 0 Å². The highest BCUT2D eigenvalue weighted by Crippen LogP contribution is 2.28. The van der Waals surface area contributed by atoms with E-state index in [-0.39, 0.29) is 6.61 Å². The molecule has 1 aliphatic heterocycles. The molecule has 1 aliphatic rings. The van der Waals surface area contributed by atoms with Crippen molar-refractivity contribution >= 4 is 5.97 Å². The Morgan fingerprint density at radius 3 is 2.86 bits per heavy atom. The molecular formula is C9H17NO4. The topological polar surface area (TPSA) is 81.8 Å². The first-order chi connectivity index (χ1) is 6.62. The maximum atomic E-state index is 10.8. The monoisotopic (exact) mass is 203 g/mol. The molecule has 0 aliphatic carbocycles. The number of hydrogen-bond acceptors (Lipinski definition) is 4. The lowest BCUT2D eigenvalue weighted by Gasteiger charge is -2.39. The van der Waals surface area contributed by atoms with Crippen LogP contribution in [0.3, 0.4) is 0 Å². The van der Waals surface area contributed by atoms with Crippen LogP contribution in [0.25, 0.3) is 0 Å². The van der Waals surface area contributed by atoms with Crippen LogP contribution in [0.5, 0.6) is 0 Å². The van der Waals surface area contributed by atoms with E-state index in [0.717, 1.165) is 12.8 Å². The summed E-state index contributed by atoms with van der Waals surface area (Å²) in [5, 5.41) is 8.87. The van der Waals surface area contributed by atoms with Gasteiger partial charge in [-0.25, -0.2) is 0 Å². The molecule has 1 fully saturated rings. The fraction of sp³-hybridized carbons (Fsp3) is 0.889. The van der Waals surface area contributed by atoms with E-state index < -0.39 is 17.6 Å². The van der Waals surface area contributed by atoms with Crippen LogP contribution in [0, 0.1) is 0 Å². The molecule has 5 nitrogen and oxygen atoms in total. The van der Waals surface area contributed by atoms with Crippen LogP contribution in [-0.4, -0.2) is 43.0 Å². The van der Waals surface area contributed by atoms with Gasteiger partial charge in [0.25, 0.3) is 0 Å². The Morgan fingerprint density at radius 1 is 1.71 bits per heavy atom. The van der Waals surface area contributed by atoms with E-state index in [1.165, 1.54) is 7.11 Å². The number of nitrogens with two attached hydrogens (primary N) is 1. The highest BCUT2D eigenvalue weighted by molar-refractivity contribution is 5.75. The summed E-state index contributed by atoms with van der Waals surface area (Å²) < 4.78 is 10.5. The molecule has 82 valence electrons. The van der Waals surface area contributed by atoms with E-state index in [1.807, 2.05) is 0 Å². The molecule has 14 heavy (non-hydrogen) atoms. The van der Waals surface area contributed by atoms with Crippen molar-refractivity contribution in [2.45, 2.75) is 30.9 Å². The molecule has 3 N–H and O–H groups in total. The lowest BCUT2D eigenvalue weighted by Crippen LogP contribution is -2.58. The smallest absolute Gasteiger partial charge is 0.323 e. The number of rotatable bonds is 4. The van der Waals surface area contributed by atoms with Gasteiger partial charge in [-0.1, -0.05) is 0 Å². The zero-order chi connectivity index (χ0) is 10.6. The van der Waals surface area contributed by atoms with E-state index in [2.05, 4.69) is 0 Å². The van der Waals surface area contributed by atoms with Gasteiger partial charge in [0.2, 0.25) is 0 Å². The molecule has 1 rings (SSSR count). The summed E-state index contributed by atoms with van der Waals surface area (Å²) >= 11 is 0. The van der Waals surface area contributed by atoms with Gasteiger partial charge >= 0.3 is 5.97 Å². The van der Waals surface area contributed by atoms with Gasteiger partial charge < -0.3 is 20.3 Å². The summed E-state index contributed by atoms with van der Waals surface area (Å²) in [7, 11) is 1.52. The van der Waals surface area contributed by atoms with E-state index in [0.29, 0.717) is 13.0 Å². The van der Waals surface area contributed by atoms with Crippen LogP contribution in [0.1, 0.15) is 19.3 Å². The van der Waals surface area contributed by atoms with Crippen molar-refractivity contribution in [2.24, 2.45) is 5.73 Å². The fourth-order valence-electron chi connectivity index (χ4n) is 1.79. The SMILES string of the molecule is COCC1(C(N)C(=O)O)CCCCO1. The maximum Gasteiger partial charge on any atom is 0.323 e. The van der Waals surface area contributed by atoms with Gasteiger partial charge in [-0.05, 0) is 19.3 Å². The first kappa shape index (κ1) is 11.4. The molecule has 1 saturated heterocycles. The molecule has 0 aromatic heterocycles. The zero-order valence-electron chi connectivity index (χ0n) is 8.36. The third-order valence-corrected chi connectivity index (χ3v) is 2.61. The Labute approximate surface area is 83.2 Å². The van der Waals surface area contributed by atoms with Gasteiger partial charge in [0.1, 0.15) is 11.6 Å². The van der Waals surface area contributed by atoms with Crippen LogP contribution in [-0.2, 0) is 14.3 Å². The van der Waals surface area contributed by atoms with E-state index in [9.17, 15) is 4.79 Å². The van der Waals surface area contributed by atoms with Crippen LogP contribution in [0.2, 0.25) is 0 Å². The molecule has 2 unspecified atom stereocenters. The molecular weight excluding hydrogens is 186 g/mol. The third kappa shape index (κ3) is 2.23. The van der Waals surface area contributed by atoms with E-state index in [4.69, 9.17) is 20.3 Å². The molecule has 1 heterocycles. The predicted molar refractivity (Wildman–Crippen MR) is 50.0 cm³/mol. The summed E-state index contributed by atoms with van der Waals surface area (Å²) in [5.41, 5.74) is 4.77. The maximum absolute atomic E-state index is 10.8. The molecule has 0 spiro atoms. The van der Waals surface area contributed by atoms with Gasteiger partial charge in [-0.3, -0.25) is 4.79 Å². The summed E-state index contributed by atoms with van der Waals surface area (Å²) in [6.07, 6.45) is 2.54. The molecule has 0 saturated carbocycles. The fourth-order valence-corrected chi connectivity index (χ4v) is 1.79. The molecule has 5 heteroatoms. The highest BCUT2D eigenvalue weighted by atomic mass is 16.5.